The molecule has 1 aliphatic rings. The predicted molar refractivity (Wildman–Crippen MR) is 65.3 cm³/mol. The smallest absolute Gasteiger partial charge is 0.309 e. The van der Waals surface area contributed by atoms with Gasteiger partial charge in [0.1, 0.15) is 0 Å². The van der Waals surface area contributed by atoms with Crippen LogP contribution in [0.15, 0.2) is 0 Å². The summed E-state index contributed by atoms with van der Waals surface area (Å²) < 4.78 is 5.04. The van der Waals surface area contributed by atoms with Gasteiger partial charge in [0.25, 0.3) is 0 Å². The van der Waals surface area contributed by atoms with Gasteiger partial charge in [-0.3, -0.25) is 9.69 Å². The lowest BCUT2D eigenvalue weighted by molar-refractivity contribution is -0.148. The SMILES string of the molecule is CCCCN(CC(C)C(=O)OCC)C1CC1. The maximum absolute atomic E-state index is 11.5. The van der Waals surface area contributed by atoms with Gasteiger partial charge in [-0.15, -0.1) is 0 Å². The second kappa shape index (κ2) is 6.89. The summed E-state index contributed by atoms with van der Waals surface area (Å²) in [7, 11) is 0. The number of hydrogen-bond acceptors (Lipinski definition) is 3. The molecule has 0 amide bonds. The largest absolute Gasteiger partial charge is 0.466 e. The van der Waals surface area contributed by atoms with Crippen molar-refractivity contribution >= 4 is 5.97 Å². The first-order valence-electron chi connectivity index (χ1n) is 6.59. The van der Waals surface area contributed by atoms with Crippen molar-refractivity contribution in [1.82, 2.24) is 4.90 Å². The molecule has 1 saturated carbocycles. The molecule has 1 fully saturated rings. The number of hydrogen-bond donors (Lipinski definition) is 0. The van der Waals surface area contributed by atoms with Crippen LogP contribution in [0.25, 0.3) is 0 Å². The molecule has 0 saturated heterocycles. The van der Waals surface area contributed by atoms with Gasteiger partial charge in [0.2, 0.25) is 0 Å². The van der Waals surface area contributed by atoms with Crippen LogP contribution in [0.5, 0.6) is 0 Å². The molecule has 0 heterocycles. The van der Waals surface area contributed by atoms with Gasteiger partial charge in [0.05, 0.1) is 12.5 Å². The van der Waals surface area contributed by atoms with Crippen LogP contribution >= 0.6 is 0 Å². The van der Waals surface area contributed by atoms with Gasteiger partial charge in [-0.05, 0) is 32.7 Å². The quantitative estimate of drug-likeness (QED) is 0.597. The van der Waals surface area contributed by atoms with Crippen molar-refractivity contribution in [3.8, 4) is 0 Å². The highest BCUT2D eigenvalue weighted by atomic mass is 16.5. The first-order valence-corrected chi connectivity index (χ1v) is 6.59. The molecule has 1 atom stereocenters. The van der Waals surface area contributed by atoms with Crippen molar-refractivity contribution in [2.45, 2.75) is 52.5 Å². The molecule has 0 aromatic carbocycles. The molecule has 16 heavy (non-hydrogen) atoms. The van der Waals surface area contributed by atoms with E-state index in [2.05, 4.69) is 11.8 Å². The first-order chi connectivity index (χ1) is 7.69. The number of rotatable bonds is 8. The van der Waals surface area contributed by atoms with Crippen LogP contribution in [0.3, 0.4) is 0 Å². The molecule has 0 N–H and O–H groups in total. The van der Waals surface area contributed by atoms with E-state index in [0.717, 1.165) is 19.1 Å². The van der Waals surface area contributed by atoms with E-state index in [-0.39, 0.29) is 11.9 Å². The fourth-order valence-electron chi connectivity index (χ4n) is 1.93. The normalized spacial score (nSPS) is 17.5. The third-order valence-corrected chi connectivity index (χ3v) is 3.06. The number of carbonyl (C=O) groups excluding carboxylic acids is 1. The lowest BCUT2D eigenvalue weighted by atomic mass is 10.1. The Labute approximate surface area is 99.1 Å². The van der Waals surface area contributed by atoms with Gasteiger partial charge in [-0.1, -0.05) is 20.3 Å². The summed E-state index contributed by atoms with van der Waals surface area (Å²) in [5.41, 5.74) is 0. The molecular weight excluding hydrogens is 202 g/mol. The highest BCUT2D eigenvalue weighted by Crippen LogP contribution is 2.27. The van der Waals surface area contributed by atoms with Crippen LogP contribution in [0.2, 0.25) is 0 Å². The van der Waals surface area contributed by atoms with Crippen molar-refractivity contribution in [1.29, 1.82) is 0 Å². The molecule has 0 aromatic heterocycles. The van der Waals surface area contributed by atoms with E-state index < -0.39 is 0 Å². The Bertz CT molecular complexity index is 214. The summed E-state index contributed by atoms with van der Waals surface area (Å²) in [5.74, 6) is -0.0398. The minimum atomic E-state index is -0.0513. The molecular formula is C13H25NO2. The minimum Gasteiger partial charge on any atom is -0.466 e. The highest BCUT2D eigenvalue weighted by molar-refractivity contribution is 5.72. The molecule has 3 nitrogen and oxygen atoms in total. The van der Waals surface area contributed by atoms with Gasteiger partial charge < -0.3 is 4.74 Å². The maximum Gasteiger partial charge on any atom is 0.309 e. The fraction of sp³-hybridized carbons (Fsp3) is 0.923. The van der Waals surface area contributed by atoms with Gasteiger partial charge >= 0.3 is 5.97 Å². The van der Waals surface area contributed by atoms with Gasteiger partial charge in [-0.2, -0.15) is 0 Å². The molecule has 1 unspecified atom stereocenters. The monoisotopic (exact) mass is 227 g/mol. The summed E-state index contributed by atoms with van der Waals surface area (Å²) in [5, 5.41) is 0. The van der Waals surface area contributed by atoms with Crippen LogP contribution in [-0.2, 0) is 9.53 Å². The first kappa shape index (κ1) is 13.5. The molecule has 3 heteroatoms. The van der Waals surface area contributed by atoms with Crippen molar-refractivity contribution in [2.24, 2.45) is 5.92 Å². The summed E-state index contributed by atoms with van der Waals surface area (Å²) in [4.78, 5) is 14.0. The third-order valence-electron chi connectivity index (χ3n) is 3.06. The van der Waals surface area contributed by atoms with Crippen LogP contribution in [0.4, 0.5) is 0 Å². The molecule has 1 rings (SSSR count). The van der Waals surface area contributed by atoms with E-state index in [1.807, 2.05) is 13.8 Å². The Morgan fingerprint density at radius 1 is 1.44 bits per heavy atom. The van der Waals surface area contributed by atoms with Crippen LogP contribution < -0.4 is 0 Å². The lowest BCUT2D eigenvalue weighted by Gasteiger charge is -2.24. The Morgan fingerprint density at radius 2 is 2.12 bits per heavy atom. The van der Waals surface area contributed by atoms with Gasteiger partial charge in [0, 0.05) is 12.6 Å². The molecule has 0 aromatic rings. The molecule has 1 aliphatic carbocycles. The fourth-order valence-corrected chi connectivity index (χ4v) is 1.93. The second-order valence-electron chi connectivity index (χ2n) is 4.73. The number of esters is 1. The Kier molecular flexibility index (Phi) is 5.81. The zero-order chi connectivity index (χ0) is 12.0. The van der Waals surface area contributed by atoms with E-state index in [0.29, 0.717) is 6.61 Å². The summed E-state index contributed by atoms with van der Waals surface area (Å²) in [6.07, 6.45) is 5.06. The summed E-state index contributed by atoms with van der Waals surface area (Å²) in [6.45, 7) is 8.52. The van der Waals surface area contributed by atoms with Crippen LogP contribution in [0, 0.1) is 5.92 Å². The van der Waals surface area contributed by atoms with Gasteiger partial charge in [0.15, 0.2) is 0 Å². The molecule has 94 valence electrons. The Balaban J connectivity index is 2.32. The average molecular weight is 227 g/mol. The van der Waals surface area contributed by atoms with Crippen molar-refractivity contribution in [3.63, 3.8) is 0 Å². The van der Waals surface area contributed by atoms with Crippen molar-refractivity contribution in [3.05, 3.63) is 0 Å². The number of nitrogens with zero attached hydrogens (tertiary/aromatic N) is 1. The van der Waals surface area contributed by atoms with E-state index >= 15 is 0 Å². The third kappa shape index (κ3) is 4.52. The predicted octanol–water partition coefficient (Wildman–Crippen LogP) is 2.45. The molecule has 0 bridgehead atoms. The van der Waals surface area contributed by atoms with E-state index in [9.17, 15) is 4.79 Å². The van der Waals surface area contributed by atoms with Crippen molar-refractivity contribution in [2.75, 3.05) is 19.7 Å². The number of unbranched alkanes of at least 4 members (excludes halogenated alkanes) is 1. The van der Waals surface area contributed by atoms with E-state index in [4.69, 9.17) is 4.74 Å². The standard InChI is InChI=1S/C13H25NO2/c1-4-6-9-14(12-7-8-12)10-11(3)13(15)16-5-2/h11-12H,4-10H2,1-3H3. The van der Waals surface area contributed by atoms with Gasteiger partial charge in [-0.25, -0.2) is 0 Å². The maximum atomic E-state index is 11.5. The number of ether oxygens (including phenoxy) is 1. The zero-order valence-corrected chi connectivity index (χ0v) is 10.9. The van der Waals surface area contributed by atoms with E-state index in [1.54, 1.807) is 0 Å². The lowest BCUT2D eigenvalue weighted by Crippen LogP contribution is -2.35. The molecule has 0 radical (unpaired) electrons. The number of carbonyl (C=O) groups is 1. The zero-order valence-electron chi connectivity index (χ0n) is 10.9. The molecule has 0 spiro atoms. The Morgan fingerprint density at radius 3 is 2.62 bits per heavy atom. The molecule has 0 aliphatic heterocycles. The van der Waals surface area contributed by atoms with E-state index in [1.165, 1.54) is 25.7 Å². The second-order valence-corrected chi connectivity index (χ2v) is 4.73. The summed E-state index contributed by atoms with van der Waals surface area (Å²) >= 11 is 0. The average Bonchev–Trinajstić information content (AvgIpc) is 3.08. The van der Waals surface area contributed by atoms with Crippen LogP contribution in [-0.4, -0.2) is 36.6 Å². The summed E-state index contributed by atoms with van der Waals surface area (Å²) in [6, 6.07) is 0.739. The Hall–Kier alpha value is -0.570. The van der Waals surface area contributed by atoms with Crippen molar-refractivity contribution < 1.29 is 9.53 Å². The highest BCUT2D eigenvalue weighted by Gasteiger charge is 2.30. The minimum absolute atomic E-state index is 0.0115. The topological polar surface area (TPSA) is 29.5 Å². The van der Waals surface area contributed by atoms with Crippen LogP contribution in [0.1, 0.15) is 46.5 Å².